The predicted octanol–water partition coefficient (Wildman–Crippen LogP) is 3.73. The van der Waals surface area contributed by atoms with Crippen LogP contribution in [0.4, 0.5) is 4.79 Å². The van der Waals surface area contributed by atoms with E-state index in [0.29, 0.717) is 21.9 Å². The van der Waals surface area contributed by atoms with E-state index in [0.717, 1.165) is 43.0 Å². The number of benzene rings is 1. The number of thioether (sulfide) groups is 1. The second kappa shape index (κ2) is 10.2. The van der Waals surface area contributed by atoms with Crippen molar-refractivity contribution in [2.24, 2.45) is 0 Å². The number of hydrogen-bond acceptors (Lipinski definition) is 6. The first-order valence-electron chi connectivity index (χ1n) is 11.1. The molecule has 33 heavy (non-hydrogen) atoms. The van der Waals surface area contributed by atoms with E-state index in [9.17, 15) is 14.4 Å². The minimum Gasteiger partial charge on any atom is -0.335 e. The van der Waals surface area contributed by atoms with Crippen molar-refractivity contribution in [2.45, 2.75) is 62.4 Å². The summed E-state index contributed by atoms with van der Waals surface area (Å²) in [5, 5.41) is 5.45. The molecule has 3 amide bonds. The number of aromatic nitrogens is 3. The largest absolute Gasteiger partial charge is 0.335 e. The Hall–Kier alpha value is -3.20. The van der Waals surface area contributed by atoms with Crippen molar-refractivity contribution >= 4 is 34.6 Å². The van der Waals surface area contributed by atoms with Crippen LogP contribution in [0.2, 0.25) is 0 Å². The number of imide groups is 1. The summed E-state index contributed by atoms with van der Waals surface area (Å²) in [7, 11) is 0. The second-order valence-corrected chi connectivity index (χ2v) is 9.61. The highest BCUT2D eigenvalue weighted by Crippen LogP contribution is 2.25. The summed E-state index contributed by atoms with van der Waals surface area (Å²) in [6, 6.07) is 10.3. The molecule has 4 rings (SSSR count). The molecule has 2 aromatic heterocycles. The Bertz CT molecular complexity index is 1220. The van der Waals surface area contributed by atoms with Gasteiger partial charge < -0.3 is 5.32 Å². The van der Waals surface area contributed by atoms with E-state index in [1.807, 2.05) is 19.1 Å². The van der Waals surface area contributed by atoms with Crippen LogP contribution in [-0.4, -0.2) is 37.8 Å². The van der Waals surface area contributed by atoms with Gasteiger partial charge in [0.2, 0.25) is 5.91 Å². The van der Waals surface area contributed by atoms with Gasteiger partial charge in [-0.25, -0.2) is 19.3 Å². The van der Waals surface area contributed by atoms with Crippen molar-refractivity contribution < 1.29 is 9.59 Å². The molecule has 1 fully saturated rings. The molecule has 0 saturated heterocycles. The number of carbonyl (C=O) groups excluding carboxylic acids is 2. The van der Waals surface area contributed by atoms with Crippen molar-refractivity contribution in [2.75, 3.05) is 0 Å². The Morgan fingerprint density at radius 1 is 1.12 bits per heavy atom. The molecule has 1 aliphatic rings. The molecule has 2 heterocycles. The average Bonchev–Trinajstić information content (AvgIpc) is 2.81. The summed E-state index contributed by atoms with van der Waals surface area (Å²) in [5.41, 5.74) is 1.24. The molecule has 3 aromatic rings. The van der Waals surface area contributed by atoms with E-state index in [1.54, 1.807) is 37.4 Å². The minimum absolute atomic E-state index is 0.106. The number of carbonyl (C=O) groups is 2. The van der Waals surface area contributed by atoms with E-state index in [4.69, 9.17) is 0 Å². The van der Waals surface area contributed by atoms with Gasteiger partial charge in [-0.1, -0.05) is 49.2 Å². The van der Waals surface area contributed by atoms with Crippen molar-refractivity contribution in [1.82, 2.24) is 25.2 Å². The van der Waals surface area contributed by atoms with Gasteiger partial charge in [-0.2, -0.15) is 0 Å². The highest BCUT2D eigenvalue weighted by molar-refractivity contribution is 8.00. The fraction of sp³-hybridized carbons (Fsp3) is 0.375. The van der Waals surface area contributed by atoms with Gasteiger partial charge in [0.05, 0.1) is 16.2 Å². The van der Waals surface area contributed by atoms with Crippen LogP contribution in [0.1, 0.15) is 44.6 Å². The molecule has 1 unspecified atom stereocenters. The molecule has 1 atom stereocenters. The maximum Gasteiger partial charge on any atom is 0.321 e. The molecular formula is C24H27N5O3S. The zero-order valence-corrected chi connectivity index (χ0v) is 19.5. The molecule has 0 spiro atoms. The normalized spacial score (nSPS) is 15.2. The number of urea groups is 1. The molecule has 8 nitrogen and oxygen atoms in total. The lowest BCUT2D eigenvalue weighted by molar-refractivity contribution is -0.119. The van der Waals surface area contributed by atoms with Gasteiger partial charge in [-0.15, -0.1) is 0 Å². The standard InChI is InChI=1S/C24H27N5O3S/c1-15-12-13-20(25-14-15)29-22(31)18-10-6-7-11-19(18)27-24(29)33-16(2)21(30)28-23(32)26-17-8-4-3-5-9-17/h6-7,10-14,16-17H,3-5,8-9H2,1-2H3,(H2,26,28,30,32). The third kappa shape index (κ3) is 5.42. The Morgan fingerprint density at radius 2 is 1.88 bits per heavy atom. The summed E-state index contributed by atoms with van der Waals surface area (Å²) < 4.78 is 1.41. The molecule has 2 N–H and O–H groups in total. The lowest BCUT2D eigenvalue weighted by Gasteiger charge is -2.23. The molecule has 1 saturated carbocycles. The van der Waals surface area contributed by atoms with Crippen LogP contribution in [0.5, 0.6) is 0 Å². The molecule has 1 aromatic carbocycles. The van der Waals surface area contributed by atoms with Gasteiger partial charge in [-0.3, -0.25) is 14.9 Å². The third-order valence-corrected chi connectivity index (χ3v) is 6.75. The minimum atomic E-state index is -0.660. The number of hydrogen-bond donors (Lipinski definition) is 2. The first kappa shape index (κ1) is 23.0. The second-order valence-electron chi connectivity index (χ2n) is 8.30. The molecule has 0 radical (unpaired) electrons. The van der Waals surface area contributed by atoms with Gasteiger partial charge >= 0.3 is 6.03 Å². The van der Waals surface area contributed by atoms with Gasteiger partial charge in [-0.05, 0) is 50.5 Å². The Morgan fingerprint density at radius 3 is 2.61 bits per heavy atom. The lowest BCUT2D eigenvalue weighted by Crippen LogP contribution is -2.47. The monoisotopic (exact) mass is 465 g/mol. The molecule has 9 heteroatoms. The van der Waals surface area contributed by atoms with Gasteiger partial charge in [0.25, 0.3) is 5.56 Å². The molecule has 1 aliphatic carbocycles. The van der Waals surface area contributed by atoms with E-state index in [-0.39, 0.29) is 11.6 Å². The molecular weight excluding hydrogens is 438 g/mol. The number of amides is 3. The van der Waals surface area contributed by atoms with Crippen molar-refractivity contribution in [3.63, 3.8) is 0 Å². The summed E-state index contributed by atoms with van der Waals surface area (Å²) >= 11 is 1.11. The van der Waals surface area contributed by atoms with Crippen LogP contribution in [-0.2, 0) is 4.79 Å². The number of pyridine rings is 1. The third-order valence-electron chi connectivity index (χ3n) is 5.70. The first-order chi connectivity index (χ1) is 15.9. The summed E-state index contributed by atoms with van der Waals surface area (Å²) in [5.74, 6) is -0.0202. The number of rotatable bonds is 5. The summed E-state index contributed by atoms with van der Waals surface area (Å²) in [4.78, 5) is 47.3. The van der Waals surface area contributed by atoms with Crippen molar-refractivity contribution in [1.29, 1.82) is 0 Å². The van der Waals surface area contributed by atoms with Crippen LogP contribution in [0.25, 0.3) is 16.7 Å². The number of fused-ring (bicyclic) bond motifs is 1. The van der Waals surface area contributed by atoms with E-state index in [2.05, 4.69) is 20.6 Å². The van der Waals surface area contributed by atoms with Gasteiger partial charge in [0.15, 0.2) is 5.16 Å². The maximum absolute atomic E-state index is 13.3. The number of nitrogens with one attached hydrogen (secondary N) is 2. The Balaban J connectivity index is 1.57. The van der Waals surface area contributed by atoms with Crippen LogP contribution in [0.3, 0.4) is 0 Å². The van der Waals surface area contributed by atoms with E-state index < -0.39 is 17.2 Å². The average molecular weight is 466 g/mol. The number of aryl methyl sites for hydroxylation is 1. The fourth-order valence-corrected chi connectivity index (χ4v) is 4.79. The van der Waals surface area contributed by atoms with E-state index >= 15 is 0 Å². The SMILES string of the molecule is Cc1ccc(-n2c(SC(C)C(=O)NC(=O)NC3CCCCC3)nc3ccccc3c2=O)nc1. The zero-order chi connectivity index (χ0) is 23.4. The number of para-hydroxylation sites is 1. The summed E-state index contributed by atoms with van der Waals surface area (Å²) in [6.45, 7) is 3.60. The van der Waals surface area contributed by atoms with Crippen molar-refractivity contribution in [3.05, 3.63) is 58.5 Å². The lowest BCUT2D eigenvalue weighted by atomic mass is 9.96. The van der Waals surface area contributed by atoms with Gasteiger partial charge in [0, 0.05) is 12.2 Å². The summed E-state index contributed by atoms with van der Waals surface area (Å²) in [6.07, 6.45) is 6.90. The number of nitrogens with zero attached hydrogens (tertiary/aromatic N) is 3. The molecule has 0 bridgehead atoms. The zero-order valence-electron chi connectivity index (χ0n) is 18.7. The van der Waals surface area contributed by atoms with Crippen molar-refractivity contribution in [3.8, 4) is 5.82 Å². The highest BCUT2D eigenvalue weighted by Gasteiger charge is 2.23. The van der Waals surface area contributed by atoms with Crippen LogP contribution in [0.15, 0.2) is 52.5 Å². The maximum atomic E-state index is 13.3. The molecule has 0 aliphatic heterocycles. The highest BCUT2D eigenvalue weighted by atomic mass is 32.2. The van der Waals surface area contributed by atoms with Crippen LogP contribution < -0.4 is 16.2 Å². The Kier molecular flexibility index (Phi) is 7.08. The first-order valence-corrected chi connectivity index (χ1v) is 12.0. The predicted molar refractivity (Wildman–Crippen MR) is 129 cm³/mol. The molecule has 172 valence electrons. The topological polar surface area (TPSA) is 106 Å². The quantitative estimate of drug-likeness (QED) is 0.439. The van der Waals surface area contributed by atoms with Crippen LogP contribution in [0, 0.1) is 6.92 Å². The fourth-order valence-electron chi connectivity index (χ4n) is 3.88. The van der Waals surface area contributed by atoms with E-state index in [1.165, 1.54) is 11.0 Å². The van der Waals surface area contributed by atoms with Gasteiger partial charge in [0.1, 0.15) is 5.82 Å². The van der Waals surface area contributed by atoms with Crippen LogP contribution >= 0.6 is 11.8 Å². The Labute approximate surface area is 196 Å². The smallest absolute Gasteiger partial charge is 0.321 e.